The molecule has 0 aliphatic rings. The third-order valence-electron chi connectivity index (χ3n) is 2.72. The largest absolute Gasteiger partial charge is 0.416 e. The van der Waals surface area contributed by atoms with Gasteiger partial charge in [-0.25, -0.2) is 0 Å². The quantitative estimate of drug-likeness (QED) is 0.773. The van der Waals surface area contributed by atoms with Crippen molar-refractivity contribution in [2.75, 3.05) is 11.9 Å². The van der Waals surface area contributed by atoms with Crippen LogP contribution in [0, 0.1) is 5.92 Å². The van der Waals surface area contributed by atoms with E-state index in [2.05, 4.69) is 35.1 Å². The van der Waals surface area contributed by atoms with Gasteiger partial charge in [-0.3, -0.25) is 0 Å². The topological polar surface area (TPSA) is 12.0 Å². The van der Waals surface area contributed by atoms with E-state index in [4.69, 9.17) is 0 Å². The smallest absolute Gasteiger partial charge is 0.384 e. The highest BCUT2D eigenvalue weighted by atomic mass is 79.9. The van der Waals surface area contributed by atoms with E-state index in [1.54, 1.807) is 0 Å². The lowest BCUT2D eigenvalue weighted by Crippen LogP contribution is -2.12. The molecule has 0 aliphatic carbocycles. The van der Waals surface area contributed by atoms with E-state index in [1.807, 2.05) is 0 Å². The molecular formula is C13H17BrF3N. The number of hydrogen-bond donors (Lipinski definition) is 1. The number of nitrogens with one attached hydrogen (secondary N) is 1. The third-order valence-corrected chi connectivity index (χ3v) is 3.41. The van der Waals surface area contributed by atoms with Gasteiger partial charge in [-0.1, -0.05) is 20.3 Å². The number of halogens is 4. The van der Waals surface area contributed by atoms with Gasteiger partial charge in [0.1, 0.15) is 0 Å². The van der Waals surface area contributed by atoms with Crippen molar-refractivity contribution in [2.45, 2.75) is 32.9 Å². The number of alkyl halides is 3. The summed E-state index contributed by atoms with van der Waals surface area (Å²) >= 11 is 3.26. The summed E-state index contributed by atoms with van der Waals surface area (Å²) in [7, 11) is 0. The molecule has 1 unspecified atom stereocenters. The number of hydrogen-bond acceptors (Lipinski definition) is 1. The van der Waals surface area contributed by atoms with Crippen LogP contribution in [0.15, 0.2) is 22.7 Å². The Bertz CT molecular complexity index is 390. The first-order valence-corrected chi connectivity index (χ1v) is 6.74. The normalized spacial score (nSPS) is 13.4. The van der Waals surface area contributed by atoms with Crippen LogP contribution in [-0.4, -0.2) is 6.54 Å². The Morgan fingerprint density at radius 3 is 2.56 bits per heavy atom. The van der Waals surface area contributed by atoms with Gasteiger partial charge in [0.2, 0.25) is 0 Å². The average Bonchev–Trinajstić information content (AvgIpc) is 2.26. The molecule has 1 nitrogen and oxygen atoms in total. The van der Waals surface area contributed by atoms with E-state index in [0.29, 0.717) is 22.6 Å². The minimum atomic E-state index is -4.30. The summed E-state index contributed by atoms with van der Waals surface area (Å²) in [5.74, 6) is 0.441. The Morgan fingerprint density at radius 2 is 2.00 bits per heavy atom. The summed E-state index contributed by atoms with van der Waals surface area (Å²) in [5, 5.41) is 3.06. The lowest BCUT2D eigenvalue weighted by molar-refractivity contribution is -0.137. The summed E-state index contributed by atoms with van der Waals surface area (Å²) < 4.78 is 38.4. The van der Waals surface area contributed by atoms with Crippen LogP contribution in [0.2, 0.25) is 0 Å². The highest BCUT2D eigenvalue weighted by molar-refractivity contribution is 9.10. The molecule has 102 valence electrons. The van der Waals surface area contributed by atoms with Crippen LogP contribution >= 0.6 is 15.9 Å². The SMILES string of the molecule is CCCC(C)CNc1cc(C(F)(F)F)ccc1Br. The predicted molar refractivity (Wildman–Crippen MR) is 71.7 cm³/mol. The average molecular weight is 324 g/mol. The van der Waals surface area contributed by atoms with Crippen molar-refractivity contribution in [2.24, 2.45) is 5.92 Å². The molecule has 0 fully saturated rings. The Hall–Kier alpha value is -0.710. The molecule has 0 saturated heterocycles. The Kier molecular flexibility index (Phi) is 5.50. The second kappa shape index (κ2) is 6.45. The molecule has 0 bridgehead atoms. The molecular weight excluding hydrogens is 307 g/mol. The van der Waals surface area contributed by atoms with Crippen LogP contribution in [0.5, 0.6) is 0 Å². The van der Waals surface area contributed by atoms with Crippen molar-refractivity contribution in [3.8, 4) is 0 Å². The van der Waals surface area contributed by atoms with E-state index in [0.717, 1.165) is 25.0 Å². The van der Waals surface area contributed by atoms with Crippen LogP contribution in [0.25, 0.3) is 0 Å². The first-order valence-electron chi connectivity index (χ1n) is 5.95. The lowest BCUT2D eigenvalue weighted by Gasteiger charge is -2.15. The minimum Gasteiger partial charge on any atom is -0.384 e. The summed E-state index contributed by atoms with van der Waals surface area (Å²) in [6.07, 6.45) is -2.16. The lowest BCUT2D eigenvalue weighted by atomic mass is 10.1. The summed E-state index contributed by atoms with van der Waals surface area (Å²) in [4.78, 5) is 0. The summed E-state index contributed by atoms with van der Waals surface area (Å²) in [5.41, 5.74) is -0.135. The summed E-state index contributed by atoms with van der Waals surface area (Å²) in [6, 6.07) is 3.64. The standard InChI is InChI=1S/C13H17BrF3N/c1-3-4-9(2)8-18-12-7-10(13(15,16)17)5-6-11(12)14/h5-7,9,18H,3-4,8H2,1-2H3. The van der Waals surface area contributed by atoms with Crippen LogP contribution < -0.4 is 5.32 Å². The fraction of sp³-hybridized carbons (Fsp3) is 0.538. The Morgan fingerprint density at radius 1 is 1.33 bits per heavy atom. The second-order valence-corrected chi connectivity index (χ2v) is 5.32. The van der Waals surface area contributed by atoms with Crippen molar-refractivity contribution in [1.82, 2.24) is 0 Å². The first-order chi connectivity index (χ1) is 8.34. The highest BCUT2D eigenvalue weighted by Crippen LogP contribution is 2.34. The van der Waals surface area contributed by atoms with E-state index in [1.165, 1.54) is 6.07 Å². The van der Waals surface area contributed by atoms with Crippen molar-refractivity contribution in [3.63, 3.8) is 0 Å². The van der Waals surface area contributed by atoms with Gasteiger partial charge in [0.25, 0.3) is 0 Å². The molecule has 5 heteroatoms. The third kappa shape index (κ3) is 4.52. The predicted octanol–water partition coefficient (Wildman–Crippen LogP) is 5.32. The van der Waals surface area contributed by atoms with Gasteiger partial charge in [-0.05, 0) is 46.5 Å². The van der Waals surface area contributed by atoms with Gasteiger partial charge in [-0.15, -0.1) is 0 Å². The maximum atomic E-state index is 12.6. The van der Waals surface area contributed by atoms with Gasteiger partial charge < -0.3 is 5.32 Å². The van der Waals surface area contributed by atoms with Gasteiger partial charge in [0.05, 0.1) is 5.56 Å². The maximum Gasteiger partial charge on any atom is 0.416 e. The highest BCUT2D eigenvalue weighted by Gasteiger charge is 2.30. The van der Waals surface area contributed by atoms with Gasteiger partial charge in [-0.2, -0.15) is 13.2 Å². The van der Waals surface area contributed by atoms with Crippen molar-refractivity contribution in [1.29, 1.82) is 0 Å². The number of rotatable bonds is 5. The molecule has 1 rings (SSSR count). The number of anilines is 1. The molecule has 1 N–H and O–H groups in total. The minimum absolute atomic E-state index is 0.441. The molecule has 18 heavy (non-hydrogen) atoms. The number of benzene rings is 1. The van der Waals surface area contributed by atoms with Crippen molar-refractivity contribution in [3.05, 3.63) is 28.2 Å². The van der Waals surface area contributed by atoms with E-state index >= 15 is 0 Å². The van der Waals surface area contributed by atoms with E-state index in [9.17, 15) is 13.2 Å². The molecule has 1 atom stereocenters. The van der Waals surface area contributed by atoms with Crippen LogP contribution in [0.1, 0.15) is 32.3 Å². The summed E-state index contributed by atoms with van der Waals surface area (Å²) in [6.45, 7) is 4.85. The monoisotopic (exact) mass is 323 g/mol. The molecule has 1 aromatic carbocycles. The van der Waals surface area contributed by atoms with E-state index < -0.39 is 11.7 Å². The maximum absolute atomic E-state index is 12.6. The zero-order chi connectivity index (χ0) is 13.8. The molecule has 0 saturated carbocycles. The second-order valence-electron chi connectivity index (χ2n) is 4.47. The molecule has 0 spiro atoms. The fourth-order valence-electron chi connectivity index (χ4n) is 1.72. The van der Waals surface area contributed by atoms with Crippen LogP contribution in [0.3, 0.4) is 0 Å². The zero-order valence-electron chi connectivity index (χ0n) is 10.4. The first kappa shape index (κ1) is 15.3. The van der Waals surface area contributed by atoms with E-state index in [-0.39, 0.29) is 0 Å². The zero-order valence-corrected chi connectivity index (χ0v) is 12.0. The molecule has 0 aromatic heterocycles. The van der Waals surface area contributed by atoms with Gasteiger partial charge in [0, 0.05) is 16.7 Å². The molecule has 1 aromatic rings. The fourth-order valence-corrected chi connectivity index (χ4v) is 2.10. The van der Waals surface area contributed by atoms with Crippen molar-refractivity contribution < 1.29 is 13.2 Å². The van der Waals surface area contributed by atoms with Crippen molar-refractivity contribution >= 4 is 21.6 Å². The molecule has 0 heterocycles. The molecule has 0 radical (unpaired) electrons. The Balaban J connectivity index is 2.76. The van der Waals surface area contributed by atoms with Crippen LogP contribution in [-0.2, 0) is 6.18 Å². The molecule has 0 aliphatic heterocycles. The Labute approximate surface area is 114 Å². The van der Waals surface area contributed by atoms with Gasteiger partial charge in [0.15, 0.2) is 0 Å². The molecule has 0 amide bonds. The van der Waals surface area contributed by atoms with Gasteiger partial charge >= 0.3 is 6.18 Å². The van der Waals surface area contributed by atoms with Crippen LogP contribution in [0.4, 0.5) is 18.9 Å².